The quantitative estimate of drug-likeness (QED) is 0.469. The summed E-state index contributed by atoms with van der Waals surface area (Å²) >= 11 is 6.33. The number of halogens is 4. The molecule has 0 bridgehead atoms. The number of imidazole rings is 1. The zero-order valence-electron chi connectivity index (χ0n) is 20.3. The smallest absolute Gasteiger partial charge is 0.419 e. The summed E-state index contributed by atoms with van der Waals surface area (Å²) in [7, 11) is 0. The maximum atomic E-state index is 13.4. The van der Waals surface area contributed by atoms with Crippen molar-refractivity contribution in [2.24, 2.45) is 0 Å². The average molecular weight is 536 g/mol. The topological polar surface area (TPSA) is 96.3 Å². The Labute approximate surface area is 217 Å². The number of aromatic nitrogens is 4. The molecule has 0 unspecified atom stereocenters. The summed E-state index contributed by atoms with van der Waals surface area (Å²) in [6.07, 6.45) is 2.51. The van der Waals surface area contributed by atoms with Crippen molar-refractivity contribution in [2.45, 2.75) is 44.3 Å². The third kappa shape index (κ3) is 5.47. The SMILES string of the molecule is Nc1ncnc(N2CCC(c3nc(-c4ccc(O)c(C(F)(F)F)c4)cn3CCN3CCCC3)CC2)c1Cl. The van der Waals surface area contributed by atoms with Crippen molar-refractivity contribution in [2.75, 3.05) is 43.4 Å². The number of rotatable bonds is 6. The number of phenolic OH excluding ortho intramolecular Hbond substituents is 1. The van der Waals surface area contributed by atoms with Gasteiger partial charge in [-0.05, 0) is 57.0 Å². The molecular weight excluding hydrogens is 507 g/mol. The van der Waals surface area contributed by atoms with E-state index < -0.39 is 17.5 Å². The number of likely N-dealkylation sites (tertiary alicyclic amines) is 1. The second-order valence-corrected chi connectivity index (χ2v) is 9.99. The zero-order chi connectivity index (χ0) is 26.2. The Bertz CT molecular complexity index is 1250. The first-order chi connectivity index (χ1) is 17.7. The van der Waals surface area contributed by atoms with Crippen LogP contribution in [0.4, 0.5) is 24.8 Å². The molecule has 3 N–H and O–H groups in total. The van der Waals surface area contributed by atoms with Crippen molar-refractivity contribution < 1.29 is 18.3 Å². The molecule has 37 heavy (non-hydrogen) atoms. The lowest BCUT2D eigenvalue weighted by Crippen LogP contribution is -2.35. The maximum absolute atomic E-state index is 13.4. The predicted molar refractivity (Wildman–Crippen MR) is 136 cm³/mol. The molecule has 1 aromatic carbocycles. The lowest BCUT2D eigenvalue weighted by Gasteiger charge is -2.33. The second kappa shape index (κ2) is 10.4. The Morgan fingerprint density at radius 3 is 2.49 bits per heavy atom. The number of nitrogens with zero attached hydrogens (tertiary/aromatic N) is 6. The van der Waals surface area contributed by atoms with Crippen LogP contribution in [0.2, 0.25) is 5.02 Å². The summed E-state index contributed by atoms with van der Waals surface area (Å²) in [5.41, 5.74) is 5.57. The number of hydrogen-bond acceptors (Lipinski definition) is 7. The minimum atomic E-state index is -4.65. The molecule has 0 atom stereocenters. The van der Waals surface area contributed by atoms with Gasteiger partial charge >= 0.3 is 6.18 Å². The van der Waals surface area contributed by atoms with Gasteiger partial charge in [0, 0.05) is 43.9 Å². The fourth-order valence-electron chi connectivity index (χ4n) is 5.20. The molecule has 8 nitrogen and oxygen atoms in total. The number of hydrogen-bond donors (Lipinski definition) is 2. The van der Waals surface area contributed by atoms with Crippen LogP contribution in [0.25, 0.3) is 11.3 Å². The Hall–Kier alpha value is -3.05. The van der Waals surface area contributed by atoms with E-state index in [-0.39, 0.29) is 11.7 Å². The van der Waals surface area contributed by atoms with E-state index in [1.807, 2.05) is 6.20 Å². The van der Waals surface area contributed by atoms with Crippen LogP contribution in [0.5, 0.6) is 5.75 Å². The molecule has 0 aliphatic carbocycles. The van der Waals surface area contributed by atoms with Gasteiger partial charge in [0.1, 0.15) is 28.7 Å². The summed E-state index contributed by atoms with van der Waals surface area (Å²) in [6, 6.07) is 3.53. The molecule has 12 heteroatoms. The van der Waals surface area contributed by atoms with E-state index in [1.54, 1.807) is 0 Å². The number of phenols is 1. The number of benzene rings is 1. The highest BCUT2D eigenvalue weighted by molar-refractivity contribution is 6.35. The van der Waals surface area contributed by atoms with Gasteiger partial charge in [-0.2, -0.15) is 13.2 Å². The normalized spacial score (nSPS) is 17.6. The van der Waals surface area contributed by atoms with Crippen LogP contribution < -0.4 is 10.6 Å². The minimum absolute atomic E-state index is 0.126. The Morgan fingerprint density at radius 1 is 1.05 bits per heavy atom. The Kier molecular flexibility index (Phi) is 7.17. The number of nitrogen functional groups attached to an aromatic ring is 1. The van der Waals surface area contributed by atoms with Crippen LogP contribution in [0.3, 0.4) is 0 Å². The summed E-state index contributed by atoms with van der Waals surface area (Å²) in [6.45, 7) is 5.07. The number of nitrogens with two attached hydrogens (primary N) is 1. The first-order valence-electron chi connectivity index (χ1n) is 12.4. The molecule has 2 aliphatic heterocycles. The Morgan fingerprint density at radius 2 is 1.78 bits per heavy atom. The number of piperidine rings is 1. The lowest BCUT2D eigenvalue weighted by molar-refractivity contribution is -0.138. The number of aromatic hydroxyl groups is 1. The van der Waals surface area contributed by atoms with Gasteiger partial charge in [0.15, 0.2) is 5.82 Å². The van der Waals surface area contributed by atoms with Crippen molar-refractivity contribution >= 4 is 23.2 Å². The molecule has 5 rings (SSSR count). The standard InChI is InChI=1S/C25H29ClF3N7O/c26-21-22(30)31-15-32-24(21)35-9-5-16(6-10-35)23-33-19(14-36(23)12-11-34-7-1-2-8-34)17-3-4-20(37)18(13-17)25(27,28)29/h3-4,13-16,37H,1-2,5-12H2,(H2,30,31,32). The molecule has 2 saturated heterocycles. The summed E-state index contributed by atoms with van der Waals surface area (Å²) in [4.78, 5) is 17.5. The molecular formula is C25H29ClF3N7O. The Balaban J connectivity index is 1.40. The minimum Gasteiger partial charge on any atom is -0.507 e. The van der Waals surface area contributed by atoms with Crippen LogP contribution in [-0.2, 0) is 12.7 Å². The van der Waals surface area contributed by atoms with Crippen molar-refractivity contribution in [3.63, 3.8) is 0 Å². The van der Waals surface area contributed by atoms with Gasteiger partial charge in [-0.3, -0.25) is 0 Å². The number of anilines is 2. The monoisotopic (exact) mass is 535 g/mol. The van der Waals surface area contributed by atoms with Gasteiger partial charge in [0.2, 0.25) is 0 Å². The predicted octanol–water partition coefficient (Wildman–Crippen LogP) is 4.78. The van der Waals surface area contributed by atoms with Crippen LogP contribution >= 0.6 is 11.6 Å². The molecule has 4 heterocycles. The average Bonchev–Trinajstić information content (AvgIpc) is 3.54. The van der Waals surface area contributed by atoms with Crippen molar-refractivity contribution in [3.05, 3.63) is 47.1 Å². The molecule has 2 aromatic heterocycles. The van der Waals surface area contributed by atoms with Crippen molar-refractivity contribution in [1.29, 1.82) is 0 Å². The largest absolute Gasteiger partial charge is 0.507 e. The van der Waals surface area contributed by atoms with Crippen LogP contribution in [0.1, 0.15) is 43.0 Å². The van der Waals surface area contributed by atoms with Crippen LogP contribution in [0, 0.1) is 0 Å². The highest BCUT2D eigenvalue weighted by Gasteiger charge is 2.34. The molecule has 2 aliphatic rings. The first kappa shape index (κ1) is 25.6. The van der Waals surface area contributed by atoms with E-state index in [1.165, 1.54) is 25.2 Å². The molecule has 0 saturated carbocycles. The third-order valence-electron chi connectivity index (χ3n) is 7.22. The van der Waals surface area contributed by atoms with Gasteiger partial charge in [-0.25, -0.2) is 15.0 Å². The fraction of sp³-hybridized carbons (Fsp3) is 0.480. The van der Waals surface area contributed by atoms with E-state index in [9.17, 15) is 18.3 Å². The molecule has 0 spiro atoms. The van der Waals surface area contributed by atoms with E-state index in [0.717, 1.165) is 50.4 Å². The zero-order valence-corrected chi connectivity index (χ0v) is 21.0. The van der Waals surface area contributed by atoms with E-state index in [4.69, 9.17) is 22.3 Å². The van der Waals surface area contributed by atoms with Gasteiger partial charge in [0.25, 0.3) is 0 Å². The van der Waals surface area contributed by atoms with E-state index in [2.05, 4.69) is 24.3 Å². The molecule has 3 aromatic rings. The van der Waals surface area contributed by atoms with Crippen LogP contribution in [-0.4, -0.2) is 62.2 Å². The van der Waals surface area contributed by atoms with Gasteiger partial charge in [0.05, 0.1) is 11.3 Å². The van der Waals surface area contributed by atoms with E-state index in [0.29, 0.717) is 41.7 Å². The van der Waals surface area contributed by atoms with E-state index >= 15 is 0 Å². The van der Waals surface area contributed by atoms with Gasteiger partial charge in [-0.15, -0.1) is 0 Å². The third-order valence-corrected chi connectivity index (χ3v) is 7.58. The number of alkyl halides is 3. The lowest BCUT2D eigenvalue weighted by atomic mass is 9.96. The van der Waals surface area contributed by atoms with Gasteiger partial charge < -0.3 is 25.2 Å². The highest BCUT2D eigenvalue weighted by Crippen LogP contribution is 2.39. The summed E-state index contributed by atoms with van der Waals surface area (Å²) < 4.78 is 42.4. The first-order valence-corrected chi connectivity index (χ1v) is 12.8. The molecule has 0 radical (unpaired) electrons. The van der Waals surface area contributed by atoms with Gasteiger partial charge in [-0.1, -0.05) is 11.6 Å². The highest BCUT2D eigenvalue weighted by atomic mass is 35.5. The summed E-state index contributed by atoms with van der Waals surface area (Å²) in [5, 5.41) is 10.1. The maximum Gasteiger partial charge on any atom is 0.419 e. The summed E-state index contributed by atoms with van der Waals surface area (Å²) in [5.74, 6) is 1.04. The fourth-order valence-corrected chi connectivity index (χ4v) is 5.41. The second-order valence-electron chi connectivity index (χ2n) is 9.61. The molecule has 2 fully saturated rings. The van der Waals surface area contributed by atoms with Crippen molar-refractivity contribution in [1.82, 2.24) is 24.4 Å². The van der Waals surface area contributed by atoms with Crippen molar-refractivity contribution in [3.8, 4) is 17.0 Å². The molecule has 0 amide bonds. The van der Waals surface area contributed by atoms with Crippen LogP contribution in [0.15, 0.2) is 30.7 Å². The molecule has 198 valence electrons.